The predicted molar refractivity (Wildman–Crippen MR) is 80.4 cm³/mol. The standard InChI is InChI=1S/C15H16F2N2OS/c1-15(2,13-4-3-5-21-13)8-19-14(20)9-6-10(16)11(17)7-12(9)18/h3-7H,8,18H2,1-2H3,(H,19,20). The van der Waals surface area contributed by atoms with E-state index in [-0.39, 0.29) is 16.7 Å². The third kappa shape index (κ3) is 3.39. The second-order valence-corrected chi connectivity index (χ2v) is 6.35. The van der Waals surface area contributed by atoms with Crippen molar-refractivity contribution in [2.45, 2.75) is 19.3 Å². The Bertz CT molecular complexity index is 654. The molecule has 0 bridgehead atoms. The Kier molecular flexibility index (Phi) is 4.27. The molecular weight excluding hydrogens is 294 g/mol. The molecule has 0 aliphatic rings. The van der Waals surface area contributed by atoms with Gasteiger partial charge in [0.1, 0.15) is 0 Å². The lowest BCUT2D eigenvalue weighted by atomic mass is 9.91. The monoisotopic (exact) mass is 310 g/mol. The lowest BCUT2D eigenvalue weighted by molar-refractivity contribution is 0.0946. The van der Waals surface area contributed by atoms with Crippen molar-refractivity contribution >= 4 is 22.9 Å². The van der Waals surface area contributed by atoms with Crippen LogP contribution in [-0.2, 0) is 5.41 Å². The number of benzene rings is 1. The van der Waals surface area contributed by atoms with Gasteiger partial charge in [-0.05, 0) is 17.5 Å². The van der Waals surface area contributed by atoms with Crippen LogP contribution in [0.15, 0.2) is 29.6 Å². The Morgan fingerprint density at radius 2 is 2.00 bits per heavy atom. The molecule has 2 aromatic rings. The molecule has 2 rings (SSSR count). The molecule has 1 aromatic carbocycles. The summed E-state index contributed by atoms with van der Waals surface area (Å²) >= 11 is 1.60. The van der Waals surface area contributed by atoms with Crippen LogP contribution < -0.4 is 11.1 Å². The van der Waals surface area contributed by atoms with Crippen molar-refractivity contribution in [1.82, 2.24) is 5.32 Å². The molecular formula is C15H16F2N2OS. The molecule has 112 valence electrons. The van der Waals surface area contributed by atoms with Crippen LogP contribution in [0.5, 0.6) is 0 Å². The number of halogens is 2. The normalized spacial score (nSPS) is 11.4. The molecule has 0 aliphatic heterocycles. The first-order valence-corrected chi connectivity index (χ1v) is 7.26. The summed E-state index contributed by atoms with van der Waals surface area (Å²) in [7, 11) is 0. The SMILES string of the molecule is CC(C)(CNC(=O)c1cc(F)c(F)cc1N)c1cccs1. The van der Waals surface area contributed by atoms with Gasteiger partial charge in [-0.15, -0.1) is 11.3 Å². The molecule has 0 fully saturated rings. The summed E-state index contributed by atoms with van der Waals surface area (Å²) in [5.41, 5.74) is 5.16. The molecule has 1 aromatic heterocycles. The minimum absolute atomic E-state index is 0.0594. The maximum Gasteiger partial charge on any atom is 0.253 e. The maximum absolute atomic E-state index is 13.2. The maximum atomic E-state index is 13.2. The number of amides is 1. The van der Waals surface area contributed by atoms with E-state index in [1.54, 1.807) is 11.3 Å². The zero-order valence-electron chi connectivity index (χ0n) is 11.7. The highest BCUT2D eigenvalue weighted by Crippen LogP contribution is 2.27. The van der Waals surface area contributed by atoms with Gasteiger partial charge in [0.2, 0.25) is 0 Å². The number of anilines is 1. The fourth-order valence-corrected chi connectivity index (χ4v) is 2.76. The number of nitrogen functional groups attached to an aromatic ring is 1. The van der Waals surface area contributed by atoms with Crippen LogP contribution in [0.3, 0.4) is 0 Å². The second kappa shape index (κ2) is 5.81. The number of carbonyl (C=O) groups is 1. The van der Waals surface area contributed by atoms with E-state index in [2.05, 4.69) is 5.32 Å². The van der Waals surface area contributed by atoms with Gasteiger partial charge in [0, 0.05) is 28.6 Å². The van der Waals surface area contributed by atoms with E-state index in [0.29, 0.717) is 6.54 Å². The summed E-state index contributed by atoms with van der Waals surface area (Å²) in [6.45, 7) is 4.35. The first-order valence-electron chi connectivity index (χ1n) is 6.38. The number of nitrogens with two attached hydrogens (primary N) is 1. The number of hydrogen-bond donors (Lipinski definition) is 2. The fraction of sp³-hybridized carbons (Fsp3) is 0.267. The zero-order chi connectivity index (χ0) is 15.6. The molecule has 0 atom stereocenters. The molecule has 0 saturated carbocycles. The second-order valence-electron chi connectivity index (χ2n) is 5.40. The molecule has 0 unspecified atom stereocenters. The number of hydrogen-bond acceptors (Lipinski definition) is 3. The van der Waals surface area contributed by atoms with E-state index in [1.807, 2.05) is 31.4 Å². The van der Waals surface area contributed by atoms with Gasteiger partial charge in [-0.25, -0.2) is 8.78 Å². The van der Waals surface area contributed by atoms with E-state index in [4.69, 9.17) is 5.73 Å². The summed E-state index contributed by atoms with van der Waals surface area (Å²) in [6, 6.07) is 5.56. The van der Waals surface area contributed by atoms with Gasteiger partial charge in [-0.3, -0.25) is 4.79 Å². The fourth-order valence-electron chi connectivity index (χ4n) is 1.91. The minimum Gasteiger partial charge on any atom is -0.398 e. The molecule has 3 N–H and O–H groups in total. The van der Waals surface area contributed by atoms with Crippen molar-refractivity contribution in [3.63, 3.8) is 0 Å². The first-order chi connectivity index (χ1) is 9.81. The molecule has 21 heavy (non-hydrogen) atoms. The highest BCUT2D eigenvalue weighted by Gasteiger charge is 2.23. The molecule has 0 spiro atoms. The topological polar surface area (TPSA) is 55.1 Å². The van der Waals surface area contributed by atoms with E-state index >= 15 is 0 Å². The van der Waals surface area contributed by atoms with Crippen LogP contribution in [0.25, 0.3) is 0 Å². The van der Waals surface area contributed by atoms with Crippen molar-refractivity contribution in [2.24, 2.45) is 0 Å². The van der Waals surface area contributed by atoms with Crippen LogP contribution in [-0.4, -0.2) is 12.5 Å². The van der Waals surface area contributed by atoms with E-state index in [9.17, 15) is 13.6 Å². The lowest BCUT2D eigenvalue weighted by Crippen LogP contribution is -2.36. The Balaban J connectivity index is 2.11. The number of rotatable bonds is 4. The van der Waals surface area contributed by atoms with Gasteiger partial charge in [0.25, 0.3) is 5.91 Å². The molecule has 1 amide bonds. The van der Waals surface area contributed by atoms with Crippen LogP contribution in [0.4, 0.5) is 14.5 Å². The molecule has 0 saturated heterocycles. The van der Waals surface area contributed by atoms with Crippen molar-refractivity contribution in [2.75, 3.05) is 12.3 Å². The smallest absolute Gasteiger partial charge is 0.253 e. The highest BCUT2D eigenvalue weighted by molar-refractivity contribution is 7.10. The summed E-state index contributed by atoms with van der Waals surface area (Å²) < 4.78 is 26.2. The minimum atomic E-state index is -1.09. The first kappa shape index (κ1) is 15.4. The van der Waals surface area contributed by atoms with Crippen molar-refractivity contribution in [3.05, 3.63) is 51.7 Å². The van der Waals surface area contributed by atoms with Crippen LogP contribution >= 0.6 is 11.3 Å². The highest BCUT2D eigenvalue weighted by atomic mass is 32.1. The van der Waals surface area contributed by atoms with Crippen LogP contribution in [0, 0.1) is 11.6 Å². The van der Waals surface area contributed by atoms with Crippen molar-refractivity contribution in [1.29, 1.82) is 0 Å². The van der Waals surface area contributed by atoms with E-state index in [1.165, 1.54) is 0 Å². The zero-order valence-corrected chi connectivity index (χ0v) is 12.6. The average Bonchev–Trinajstić information content (AvgIpc) is 2.95. The Morgan fingerprint density at radius 1 is 1.33 bits per heavy atom. The van der Waals surface area contributed by atoms with Gasteiger partial charge in [0.05, 0.1) is 5.56 Å². The van der Waals surface area contributed by atoms with Crippen LogP contribution in [0.1, 0.15) is 29.1 Å². The van der Waals surface area contributed by atoms with Gasteiger partial charge in [-0.2, -0.15) is 0 Å². The van der Waals surface area contributed by atoms with Gasteiger partial charge in [-0.1, -0.05) is 19.9 Å². The molecule has 0 aliphatic carbocycles. The number of carbonyl (C=O) groups excluding carboxylic acids is 1. The predicted octanol–water partition coefficient (Wildman–Crippen LogP) is 3.32. The third-order valence-corrected chi connectivity index (χ3v) is 4.45. The molecule has 0 radical (unpaired) electrons. The van der Waals surface area contributed by atoms with Gasteiger partial charge >= 0.3 is 0 Å². The molecule has 6 heteroatoms. The molecule has 3 nitrogen and oxygen atoms in total. The van der Waals surface area contributed by atoms with Crippen LogP contribution in [0.2, 0.25) is 0 Å². The summed E-state index contributed by atoms with van der Waals surface area (Å²) in [6.07, 6.45) is 0. The average molecular weight is 310 g/mol. The van der Waals surface area contributed by atoms with Crippen molar-refractivity contribution < 1.29 is 13.6 Å². The Hall–Kier alpha value is -1.95. The van der Waals surface area contributed by atoms with E-state index < -0.39 is 17.5 Å². The summed E-state index contributed by atoms with van der Waals surface area (Å²) in [5, 5.41) is 4.68. The number of thiophene rings is 1. The van der Waals surface area contributed by atoms with E-state index in [0.717, 1.165) is 17.0 Å². The number of nitrogens with one attached hydrogen (secondary N) is 1. The Morgan fingerprint density at radius 3 is 2.62 bits per heavy atom. The largest absolute Gasteiger partial charge is 0.398 e. The molecule has 1 heterocycles. The van der Waals surface area contributed by atoms with Gasteiger partial charge < -0.3 is 11.1 Å². The van der Waals surface area contributed by atoms with Gasteiger partial charge in [0.15, 0.2) is 11.6 Å². The Labute approximate surface area is 125 Å². The third-order valence-electron chi connectivity index (χ3n) is 3.22. The van der Waals surface area contributed by atoms with Crippen molar-refractivity contribution in [3.8, 4) is 0 Å². The summed E-state index contributed by atoms with van der Waals surface area (Å²) in [5.74, 6) is -2.68. The quantitative estimate of drug-likeness (QED) is 0.851. The summed E-state index contributed by atoms with van der Waals surface area (Å²) in [4.78, 5) is 13.2. The lowest BCUT2D eigenvalue weighted by Gasteiger charge is -2.23.